The van der Waals surface area contributed by atoms with Crippen LogP contribution in [-0.2, 0) is 6.42 Å². The van der Waals surface area contributed by atoms with E-state index < -0.39 is 0 Å². The largest absolute Gasteiger partial charge is 0.264 e. The molecule has 0 spiro atoms. The van der Waals surface area contributed by atoms with Gasteiger partial charge in [0.2, 0.25) is 0 Å². The zero-order valence-electron chi connectivity index (χ0n) is 12.1. The summed E-state index contributed by atoms with van der Waals surface area (Å²) in [5.41, 5.74) is 4.12. The molecular weight excluding hydrogens is 317 g/mol. The van der Waals surface area contributed by atoms with E-state index in [1.165, 1.54) is 5.56 Å². The van der Waals surface area contributed by atoms with Gasteiger partial charge in [-0.2, -0.15) is 5.10 Å². The fourth-order valence-electron chi connectivity index (χ4n) is 2.38. The molecule has 3 nitrogen and oxygen atoms in total. The second-order valence-corrected chi connectivity index (χ2v) is 5.84. The Morgan fingerprint density at radius 2 is 1.95 bits per heavy atom. The Balaban J connectivity index is 1.99. The number of hydrogen-bond acceptors (Lipinski definition) is 2. The highest BCUT2D eigenvalue weighted by molar-refractivity contribution is 6.42. The van der Waals surface area contributed by atoms with Gasteiger partial charge in [0, 0.05) is 24.2 Å². The highest BCUT2D eigenvalue weighted by Crippen LogP contribution is 2.26. The molecule has 0 saturated heterocycles. The van der Waals surface area contributed by atoms with Crippen molar-refractivity contribution in [1.82, 2.24) is 14.8 Å². The monoisotopic (exact) mass is 331 g/mol. The number of aromatic nitrogens is 3. The minimum absolute atomic E-state index is 0.518. The summed E-state index contributed by atoms with van der Waals surface area (Å²) in [6.45, 7) is 2.17. The van der Waals surface area contributed by atoms with E-state index in [4.69, 9.17) is 23.2 Å². The van der Waals surface area contributed by atoms with Gasteiger partial charge < -0.3 is 0 Å². The maximum atomic E-state index is 6.07. The molecule has 0 aliphatic carbocycles. The van der Waals surface area contributed by atoms with Crippen LogP contribution in [0.15, 0.2) is 48.9 Å². The van der Waals surface area contributed by atoms with Crippen molar-refractivity contribution in [2.75, 3.05) is 0 Å². The summed E-state index contributed by atoms with van der Waals surface area (Å²) >= 11 is 12.0. The minimum Gasteiger partial charge on any atom is -0.264 e. The van der Waals surface area contributed by atoms with Crippen molar-refractivity contribution < 1.29 is 0 Å². The van der Waals surface area contributed by atoms with Crippen molar-refractivity contribution in [3.8, 4) is 16.9 Å². The van der Waals surface area contributed by atoms with Gasteiger partial charge in [0.05, 0.1) is 21.4 Å². The number of hydrogen-bond donors (Lipinski definition) is 0. The zero-order chi connectivity index (χ0) is 15.5. The Morgan fingerprint density at radius 1 is 1.09 bits per heavy atom. The lowest BCUT2D eigenvalue weighted by Crippen LogP contribution is -1.96. The molecule has 112 valence electrons. The predicted octanol–water partition coefficient (Wildman–Crippen LogP) is 5.19. The molecule has 0 N–H and O–H groups in total. The Morgan fingerprint density at radius 3 is 2.73 bits per heavy atom. The molecule has 0 aliphatic rings. The summed E-state index contributed by atoms with van der Waals surface area (Å²) in [5.74, 6) is 0. The van der Waals surface area contributed by atoms with Gasteiger partial charge in [0.15, 0.2) is 0 Å². The minimum atomic E-state index is 0.518. The third kappa shape index (κ3) is 3.01. The first-order valence-electron chi connectivity index (χ1n) is 7.13. The third-order valence-corrected chi connectivity index (χ3v) is 4.20. The van der Waals surface area contributed by atoms with E-state index in [0.29, 0.717) is 10.0 Å². The highest BCUT2D eigenvalue weighted by Gasteiger charge is 2.09. The van der Waals surface area contributed by atoms with E-state index in [0.717, 1.165) is 29.8 Å². The molecule has 2 aromatic heterocycles. The standard InChI is InChI=1S/C17H15Cl2N3/c1-2-3-12-6-8-20-11-14(12)17-7-9-22(21-17)13-4-5-15(18)16(19)10-13/h4-11H,2-3H2,1H3. The molecule has 0 amide bonds. The van der Waals surface area contributed by atoms with E-state index in [1.807, 2.05) is 30.7 Å². The number of aryl methyl sites for hydroxylation is 1. The summed E-state index contributed by atoms with van der Waals surface area (Å²) in [7, 11) is 0. The first-order chi connectivity index (χ1) is 10.7. The lowest BCUT2D eigenvalue weighted by Gasteiger charge is -2.06. The van der Waals surface area contributed by atoms with Gasteiger partial charge in [-0.05, 0) is 42.3 Å². The average Bonchev–Trinajstić information content (AvgIpc) is 3.01. The molecule has 3 aromatic rings. The maximum absolute atomic E-state index is 6.07. The van der Waals surface area contributed by atoms with Crippen LogP contribution < -0.4 is 0 Å². The average molecular weight is 332 g/mol. The van der Waals surface area contributed by atoms with E-state index in [2.05, 4.69) is 23.1 Å². The smallest absolute Gasteiger partial charge is 0.0945 e. The van der Waals surface area contributed by atoms with E-state index in [1.54, 1.807) is 16.8 Å². The quantitative estimate of drug-likeness (QED) is 0.658. The van der Waals surface area contributed by atoms with Crippen molar-refractivity contribution in [2.45, 2.75) is 19.8 Å². The van der Waals surface area contributed by atoms with Crippen LogP contribution in [0.2, 0.25) is 10.0 Å². The van der Waals surface area contributed by atoms with E-state index in [-0.39, 0.29) is 0 Å². The lowest BCUT2D eigenvalue weighted by molar-refractivity contribution is 0.879. The van der Waals surface area contributed by atoms with Crippen LogP contribution >= 0.6 is 23.2 Å². The first-order valence-corrected chi connectivity index (χ1v) is 7.89. The molecule has 0 unspecified atom stereocenters. The Hall–Kier alpha value is -1.84. The third-order valence-electron chi connectivity index (χ3n) is 3.46. The Kier molecular flexibility index (Phi) is 4.46. The highest BCUT2D eigenvalue weighted by atomic mass is 35.5. The fourth-order valence-corrected chi connectivity index (χ4v) is 2.67. The molecule has 0 radical (unpaired) electrons. The number of benzene rings is 1. The zero-order valence-corrected chi connectivity index (χ0v) is 13.6. The van der Waals surface area contributed by atoms with Gasteiger partial charge in [-0.1, -0.05) is 36.5 Å². The van der Waals surface area contributed by atoms with E-state index in [9.17, 15) is 0 Å². The van der Waals surface area contributed by atoms with Crippen molar-refractivity contribution in [3.05, 3.63) is 64.5 Å². The first kappa shape index (κ1) is 15.1. The predicted molar refractivity (Wildman–Crippen MR) is 90.8 cm³/mol. The van der Waals surface area contributed by atoms with Crippen molar-refractivity contribution in [3.63, 3.8) is 0 Å². The molecule has 0 atom stereocenters. The number of nitrogens with zero attached hydrogens (tertiary/aromatic N) is 3. The van der Waals surface area contributed by atoms with Crippen molar-refractivity contribution in [1.29, 1.82) is 0 Å². The van der Waals surface area contributed by atoms with Gasteiger partial charge in [-0.25, -0.2) is 4.68 Å². The second kappa shape index (κ2) is 6.51. The molecule has 0 saturated carbocycles. The van der Waals surface area contributed by atoms with Gasteiger partial charge in [-0.3, -0.25) is 4.98 Å². The lowest BCUT2D eigenvalue weighted by atomic mass is 10.0. The summed E-state index contributed by atoms with van der Waals surface area (Å²) in [5, 5.41) is 5.69. The van der Waals surface area contributed by atoms with Gasteiger partial charge in [0.1, 0.15) is 0 Å². The molecule has 2 heterocycles. The van der Waals surface area contributed by atoms with Gasteiger partial charge >= 0.3 is 0 Å². The SMILES string of the molecule is CCCc1ccncc1-c1ccn(-c2ccc(Cl)c(Cl)c2)n1. The fraction of sp³-hybridized carbons (Fsp3) is 0.176. The van der Waals surface area contributed by atoms with Crippen LogP contribution in [0.1, 0.15) is 18.9 Å². The molecule has 0 aliphatic heterocycles. The molecule has 5 heteroatoms. The number of pyridine rings is 1. The second-order valence-electron chi connectivity index (χ2n) is 5.03. The molecular formula is C17H15Cl2N3. The van der Waals surface area contributed by atoms with Crippen LogP contribution in [0.5, 0.6) is 0 Å². The van der Waals surface area contributed by atoms with Crippen molar-refractivity contribution in [2.24, 2.45) is 0 Å². The topological polar surface area (TPSA) is 30.7 Å². The van der Waals surface area contributed by atoms with Crippen molar-refractivity contribution >= 4 is 23.2 Å². The summed E-state index contributed by atoms with van der Waals surface area (Å²) in [6, 6.07) is 9.50. The number of rotatable bonds is 4. The maximum Gasteiger partial charge on any atom is 0.0945 e. The molecule has 0 fully saturated rings. The Bertz CT molecular complexity index is 796. The number of halogens is 2. The van der Waals surface area contributed by atoms with Gasteiger partial charge in [-0.15, -0.1) is 0 Å². The normalized spacial score (nSPS) is 10.9. The van der Waals surface area contributed by atoms with E-state index >= 15 is 0 Å². The van der Waals surface area contributed by atoms with Crippen LogP contribution in [0.25, 0.3) is 16.9 Å². The summed E-state index contributed by atoms with van der Waals surface area (Å²) in [6.07, 6.45) is 7.70. The van der Waals surface area contributed by atoms with Crippen LogP contribution in [0.3, 0.4) is 0 Å². The van der Waals surface area contributed by atoms with Crippen LogP contribution in [0.4, 0.5) is 0 Å². The molecule has 22 heavy (non-hydrogen) atoms. The van der Waals surface area contributed by atoms with Gasteiger partial charge in [0.25, 0.3) is 0 Å². The summed E-state index contributed by atoms with van der Waals surface area (Å²) < 4.78 is 1.79. The molecule has 1 aromatic carbocycles. The molecule has 3 rings (SSSR count). The summed E-state index contributed by atoms with van der Waals surface area (Å²) in [4.78, 5) is 4.22. The molecule has 0 bridgehead atoms. The van der Waals surface area contributed by atoms with Crippen LogP contribution in [0, 0.1) is 0 Å². The Labute approximate surface area is 139 Å². The van der Waals surface area contributed by atoms with Crippen LogP contribution in [-0.4, -0.2) is 14.8 Å².